The Kier molecular flexibility index (Phi) is 5.18. The predicted molar refractivity (Wildman–Crippen MR) is 86.4 cm³/mol. The van der Waals surface area contributed by atoms with Crippen LogP contribution >= 0.6 is 0 Å². The van der Waals surface area contributed by atoms with Crippen LogP contribution in [0.25, 0.3) is 0 Å². The Morgan fingerprint density at radius 2 is 1.96 bits per heavy atom. The van der Waals surface area contributed by atoms with Gasteiger partial charge in [-0.1, -0.05) is 18.2 Å². The Hall–Kier alpha value is -1.59. The minimum absolute atomic E-state index is 0.311. The molecule has 5 nitrogen and oxygen atoms in total. The number of aliphatic carboxylic acids is 1. The Morgan fingerprint density at radius 3 is 2.70 bits per heavy atom. The van der Waals surface area contributed by atoms with Crippen LogP contribution in [0.5, 0.6) is 5.75 Å². The van der Waals surface area contributed by atoms with Gasteiger partial charge in [-0.3, -0.25) is 9.69 Å². The zero-order valence-corrected chi connectivity index (χ0v) is 13.4. The quantitative estimate of drug-likeness (QED) is 0.871. The van der Waals surface area contributed by atoms with Crippen LogP contribution in [-0.4, -0.2) is 46.4 Å². The van der Waals surface area contributed by atoms with Crippen molar-refractivity contribution in [2.75, 3.05) is 13.1 Å². The standard InChI is InChI=1S/C18H25NO4/c20-16-9-10-19(12-15(16)18(21)22)11-13-5-1-4-8-17(13)23-14-6-2-3-7-14/h1,4-5,8,14-16,20H,2-3,6-7,9-12H2,(H,21,22)/t15-,16-/m0/s1. The van der Waals surface area contributed by atoms with Crippen molar-refractivity contribution in [1.29, 1.82) is 0 Å². The summed E-state index contributed by atoms with van der Waals surface area (Å²) in [6.45, 7) is 1.76. The molecule has 1 saturated heterocycles. The Bertz CT molecular complexity index is 542. The van der Waals surface area contributed by atoms with Gasteiger partial charge in [-0.25, -0.2) is 0 Å². The van der Waals surface area contributed by atoms with Gasteiger partial charge in [0.1, 0.15) is 5.75 Å². The van der Waals surface area contributed by atoms with E-state index in [0.717, 1.165) is 24.2 Å². The summed E-state index contributed by atoms with van der Waals surface area (Å²) in [5.41, 5.74) is 1.10. The van der Waals surface area contributed by atoms with Gasteiger partial charge in [-0.15, -0.1) is 0 Å². The SMILES string of the molecule is O=C(O)[C@H]1CN(Cc2ccccc2OC2CCCC2)CC[C@@H]1O. The summed E-state index contributed by atoms with van der Waals surface area (Å²) < 4.78 is 6.15. The number of likely N-dealkylation sites (tertiary alicyclic amines) is 1. The van der Waals surface area contributed by atoms with Crippen molar-refractivity contribution in [3.8, 4) is 5.75 Å². The zero-order chi connectivity index (χ0) is 16.2. The highest BCUT2D eigenvalue weighted by molar-refractivity contribution is 5.71. The molecule has 1 saturated carbocycles. The number of nitrogens with zero attached hydrogens (tertiary/aromatic N) is 1. The largest absolute Gasteiger partial charge is 0.490 e. The molecule has 0 amide bonds. The lowest BCUT2D eigenvalue weighted by Gasteiger charge is -2.34. The molecule has 0 radical (unpaired) electrons. The smallest absolute Gasteiger partial charge is 0.310 e. The van der Waals surface area contributed by atoms with Gasteiger partial charge in [0.15, 0.2) is 0 Å². The van der Waals surface area contributed by atoms with Crippen molar-refractivity contribution in [2.45, 2.75) is 50.9 Å². The van der Waals surface area contributed by atoms with Crippen molar-refractivity contribution >= 4 is 5.97 Å². The van der Waals surface area contributed by atoms with Crippen LogP contribution in [0.1, 0.15) is 37.7 Å². The number of carbonyl (C=O) groups is 1. The van der Waals surface area contributed by atoms with Crippen molar-refractivity contribution in [2.24, 2.45) is 5.92 Å². The molecule has 1 aromatic rings. The molecule has 2 N–H and O–H groups in total. The lowest BCUT2D eigenvalue weighted by molar-refractivity contribution is -0.149. The maximum Gasteiger partial charge on any atom is 0.310 e. The summed E-state index contributed by atoms with van der Waals surface area (Å²) in [5, 5.41) is 19.1. The van der Waals surface area contributed by atoms with E-state index in [1.165, 1.54) is 12.8 Å². The number of benzene rings is 1. The molecule has 1 aromatic carbocycles. The molecule has 3 rings (SSSR count). The first-order valence-corrected chi connectivity index (χ1v) is 8.51. The normalized spacial score (nSPS) is 26.3. The molecule has 2 fully saturated rings. The van der Waals surface area contributed by atoms with Gasteiger partial charge in [0.25, 0.3) is 0 Å². The summed E-state index contributed by atoms with van der Waals surface area (Å²) in [7, 11) is 0. The van der Waals surface area contributed by atoms with Crippen molar-refractivity contribution < 1.29 is 19.7 Å². The zero-order valence-electron chi connectivity index (χ0n) is 13.4. The van der Waals surface area contributed by atoms with Gasteiger partial charge >= 0.3 is 5.97 Å². The van der Waals surface area contributed by atoms with E-state index >= 15 is 0 Å². The van der Waals surface area contributed by atoms with Gasteiger partial charge < -0.3 is 14.9 Å². The fourth-order valence-electron chi connectivity index (χ4n) is 3.57. The number of aliphatic hydroxyl groups excluding tert-OH is 1. The number of aliphatic hydroxyl groups is 1. The maximum atomic E-state index is 11.2. The number of rotatable bonds is 5. The average Bonchev–Trinajstić information content (AvgIpc) is 3.04. The van der Waals surface area contributed by atoms with E-state index in [1.807, 2.05) is 24.3 Å². The van der Waals surface area contributed by atoms with Gasteiger partial charge in [-0.05, 0) is 38.2 Å². The van der Waals surface area contributed by atoms with Gasteiger partial charge in [-0.2, -0.15) is 0 Å². The second-order valence-electron chi connectivity index (χ2n) is 6.67. The number of hydrogen-bond donors (Lipinski definition) is 2. The molecule has 5 heteroatoms. The Balaban J connectivity index is 1.66. The number of hydrogen-bond acceptors (Lipinski definition) is 4. The molecule has 1 aliphatic carbocycles. The fourth-order valence-corrected chi connectivity index (χ4v) is 3.57. The number of piperidine rings is 1. The third-order valence-electron chi connectivity index (χ3n) is 4.94. The van der Waals surface area contributed by atoms with Crippen LogP contribution in [0.2, 0.25) is 0 Å². The van der Waals surface area contributed by atoms with Crippen molar-refractivity contribution in [3.05, 3.63) is 29.8 Å². The first kappa shape index (κ1) is 16.3. The van der Waals surface area contributed by atoms with Crippen LogP contribution in [0, 0.1) is 5.92 Å². The Labute approximate surface area is 136 Å². The van der Waals surface area contributed by atoms with Gasteiger partial charge in [0, 0.05) is 25.2 Å². The van der Waals surface area contributed by atoms with Crippen LogP contribution in [0.15, 0.2) is 24.3 Å². The van der Waals surface area contributed by atoms with Gasteiger partial charge in [0.2, 0.25) is 0 Å². The van der Waals surface area contributed by atoms with E-state index in [4.69, 9.17) is 4.74 Å². The number of ether oxygens (including phenoxy) is 1. The highest BCUT2D eigenvalue weighted by atomic mass is 16.5. The lowest BCUT2D eigenvalue weighted by Crippen LogP contribution is -2.46. The average molecular weight is 319 g/mol. The maximum absolute atomic E-state index is 11.2. The number of carboxylic acid groups (broad SMARTS) is 1. The van der Waals surface area contributed by atoms with Crippen LogP contribution in [0.3, 0.4) is 0 Å². The van der Waals surface area contributed by atoms with Crippen LogP contribution in [-0.2, 0) is 11.3 Å². The molecule has 0 spiro atoms. The molecular weight excluding hydrogens is 294 g/mol. The predicted octanol–water partition coefficient (Wildman–Crippen LogP) is 2.28. The minimum Gasteiger partial charge on any atom is -0.490 e. The Morgan fingerprint density at radius 1 is 1.22 bits per heavy atom. The topological polar surface area (TPSA) is 70.0 Å². The van der Waals surface area contributed by atoms with Gasteiger partial charge in [0.05, 0.1) is 18.1 Å². The lowest BCUT2D eigenvalue weighted by atomic mass is 9.94. The molecule has 2 atom stereocenters. The van der Waals surface area contributed by atoms with Crippen LogP contribution < -0.4 is 4.74 Å². The third-order valence-corrected chi connectivity index (χ3v) is 4.94. The molecule has 23 heavy (non-hydrogen) atoms. The molecular formula is C18H25NO4. The summed E-state index contributed by atoms with van der Waals surface area (Å²) in [6.07, 6.45) is 4.77. The number of para-hydroxylation sites is 1. The minimum atomic E-state index is -0.919. The first-order chi connectivity index (χ1) is 11.1. The van der Waals surface area contributed by atoms with E-state index in [-0.39, 0.29) is 0 Å². The highest BCUT2D eigenvalue weighted by Gasteiger charge is 2.33. The molecule has 0 unspecified atom stereocenters. The summed E-state index contributed by atoms with van der Waals surface area (Å²) in [5.74, 6) is -0.707. The number of carboxylic acids is 1. The molecule has 1 heterocycles. The van der Waals surface area contributed by atoms with E-state index in [9.17, 15) is 15.0 Å². The highest BCUT2D eigenvalue weighted by Crippen LogP contribution is 2.28. The second-order valence-corrected chi connectivity index (χ2v) is 6.67. The van der Waals surface area contributed by atoms with E-state index < -0.39 is 18.0 Å². The second kappa shape index (κ2) is 7.32. The summed E-state index contributed by atoms with van der Waals surface area (Å²) in [4.78, 5) is 13.3. The molecule has 0 bridgehead atoms. The molecule has 126 valence electrons. The molecule has 0 aromatic heterocycles. The first-order valence-electron chi connectivity index (χ1n) is 8.51. The van der Waals surface area contributed by atoms with Crippen molar-refractivity contribution in [3.63, 3.8) is 0 Å². The van der Waals surface area contributed by atoms with Crippen molar-refractivity contribution in [1.82, 2.24) is 4.90 Å². The van der Waals surface area contributed by atoms with E-state index in [2.05, 4.69) is 4.90 Å². The third kappa shape index (κ3) is 4.03. The van der Waals surface area contributed by atoms with E-state index in [0.29, 0.717) is 32.2 Å². The summed E-state index contributed by atoms with van der Waals surface area (Å²) in [6, 6.07) is 8.02. The summed E-state index contributed by atoms with van der Waals surface area (Å²) >= 11 is 0. The van der Waals surface area contributed by atoms with Crippen LogP contribution in [0.4, 0.5) is 0 Å². The fraction of sp³-hybridized carbons (Fsp3) is 0.611. The monoisotopic (exact) mass is 319 g/mol. The molecule has 2 aliphatic rings. The molecule has 1 aliphatic heterocycles. The van der Waals surface area contributed by atoms with E-state index in [1.54, 1.807) is 0 Å².